The molecule has 164 valence electrons. The van der Waals surface area contributed by atoms with Gasteiger partial charge in [-0.25, -0.2) is 4.39 Å². The first-order valence-electron chi connectivity index (χ1n) is 10.4. The zero-order valence-electron chi connectivity index (χ0n) is 17.1. The second kappa shape index (κ2) is 10.1. The van der Waals surface area contributed by atoms with E-state index in [2.05, 4.69) is 5.32 Å². The SMILES string of the molecule is O=C1NCCOC/C=C/CC(=O)N2CCC[C@H]2COc2cc(F)cc(c2)-c2csc1c2. The maximum atomic E-state index is 14.3. The van der Waals surface area contributed by atoms with Gasteiger partial charge in [0.1, 0.15) is 18.2 Å². The Morgan fingerprint density at radius 1 is 1.13 bits per heavy atom. The first kappa shape index (κ1) is 21.5. The summed E-state index contributed by atoms with van der Waals surface area (Å²) in [7, 11) is 0. The van der Waals surface area contributed by atoms with Gasteiger partial charge in [0.05, 0.1) is 24.1 Å². The number of benzene rings is 1. The Balaban J connectivity index is 1.56. The lowest BCUT2D eigenvalue weighted by atomic mass is 10.1. The summed E-state index contributed by atoms with van der Waals surface area (Å²) in [6.07, 6.45) is 5.73. The molecule has 0 saturated carbocycles. The van der Waals surface area contributed by atoms with E-state index in [1.165, 1.54) is 23.5 Å². The molecule has 3 heterocycles. The molecule has 2 amide bonds. The van der Waals surface area contributed by atoms with E-state index in [1.54, 1.807) is 12.1 Å². The van der Waals surface area contributed by atoms with Crippen LogP contribution in [0.1, 0.15) is 28.9 Å². The molecule has 0 radical (unpaired) electrons. The summed E-state index contributed by atoms with van der Waals surface area (Å²) in [5.41, 5.74) is 1.40. The number of thiophene rings is 1. The molecule has 1 atom stereocenters. The molecule has 2 aliphatic rings. The maximum absolute atomic E-state index is 14.3. The summed E-state index contributed by atoms with van der Waals surface area (Å²) in [5.74, 6) is -0.134. The monoisotopic (exact) mass is 444 g/mol. The Hall–Kier alpha value is -2.71. The van der Waals surface area contributed by atoms with Crippen LogP contribution in [0.4, 0.5) is 4.39 Å². The molecular weight excluding hydrogens is 419 g/mol. The van der Waals surface area contributed by atoms with Gasteiger partial charge >= 0.3 is 0 Å². The van der Waals surface area contributed by atoms with E-state index in [0.29, 0.717) is 55.5 Å². The van der Waals surface area contributed by atoms with E-state index in [9.17, 15) is 14.0 Å². The number of carbonyl (C=O) groups is 2. The van der Waals surface area contributed by atoms with Crippen LogP contribution in [0.2, 0.25) is 0 Å². The predicted molar refractivity (Wildman–Crippen MR) is 117 cm³/mol. The Morgan fingerprint density at radius 2 is 2.03 bits per heavy atom. The molecule has 1 aromatic carbocycles. The van der Waals surface area contributed by atoms with Crippen molar-refractivity contribution in [2.24, 2.45) is 0 Å². The summed E-state index contributed by atoms with van der Waals surface area (Å²) < 4.78 is 25.6. The van der Waals surface area contributed by atoms with Crippen molar-refractivity contribution in [3.63, 3.8) is 0 Å². The van der Waals surface area contributed by atoms with E-state index in [-0.39, 0.29) is 17.9 Å². The van der Waals surface area contributed by atoms with Crippen LogP contribution < -0.4 is 10.1 Å². The number of amides is 2. The van der Waals surface area contributed by atoms with Crippen molar-refractivity contribution in [3.8, 4) is 16.9 Å². The van der Waals surface area contributed by atoms with Gasteiger partial charge in [0.25, 0.3) is 5.91 Å². The minimum atomic E-state index is -0.409. The molecule has 0 unspecified atom stereocenters. The molecule has 2 aromatic rings. The number of halogens is 1. The lowest BCUT2D eigenvalue weighted by Gasteiger charge is -2.24. The molecule has 4 bridgehead atoms. The van der Waals surface area contributed by atoms with Gasteiger partial charge in [-0.3, -0.25) is 9.59 Å². The van der Waals surface area contributed by atoms with Gasteiger partial charge < -0.3 is 19.7 Å². The van der Waals surface area contributed by atoms with Crippen molar-refractivity contribution in [2.75, 3.05) is 32.9 Å². The second-order valence-corrected chi connectivity index (χ2v) is 8.49. The van der Waals surface area contributed by atoms with Crippen molar-refractivity contribution in [1.82, 2.24) is 10.2 Å². The number of fused-ring (bicyclic) bond motifs is 6. The van der Waals surface area contributed by atoms with Crippen molar-refractivity contribution in [1.29, 1.82) is 0 Å². The normalized spacial score (nSPS) is 21.7. The highest BCUT2D eigenvalue weighted by atomic mass is 32.1. The third kappa shape index (κ3) is 5.51. The Kier molecular flexibility index (Phi) is 6.99. The third-order valence-electron chi connectivity index (χ3n) is 5.37. The van der Waals surface area contributed by atoms with Gasteiger partial charge in [0.2, 0.25) is 5.91 Å². The molecule has 8 heteroatoms. The minimum Gasteiger partial charge on any atom is -0.491 e. The third-order valence-corrected chi connectivity index (χ3v) is 6.30. The van der Waals surface area contributed by atoms with Gasteiger partial charge in [0.15, 0.2) is 0 Å². The molecule has 0 spiro atoms. The number of rotatable bonds is 0. The number of nitrogens with one attached hydrogen (secondary N) is 1. The number of ether oxygens (including phenoxy) is 2. The average Bonchev–Trinajstić information content (AvgIpc) is 3.43. The van der Waals surface area contributed by atoms with Crippen LogP contribution in [0.25, 0.3) is 11.1 Å². The second-order valence-electron chi connectivity index (χ2n) is 7.58. The summed E-state index contributed by atoms with van der Waals surface area (Å²) in [4.78, 5) is 27.3. The molecule has 4 rings (SSSR count). The largest absolute Gasteiger partial charge is 0.491 e. The highest BCUT2D eigenvalue weighted by Gasteiger charge is 2.28. The zero-order chi connectivity index (χ0) is 21.6. The van der Waals surface area contributed by atoms with Crippen LogP contribution >= 0.6 is 11.3 Å². The molecule has 1 saturated heterocycles. The molecule has 2 aliphatic heterocycles. The lowest BCUT2D eigenvalue weighted by Crippen LogP contribution is -2.38. The van der Waals surface area contributed by atoms with Crippen LogP contribution in [0.15, 0.2) is 41.8 Å². The Bertz CT molecular complexity index is 974. The summed E-state index contributed by atoms with van der Waals surface area (Å²) in [6, 6.07) is 6.26. The van der Waals surface area contributed by atoms with E-state index in [4.69, 9.17) is 9.47 Å². The lowest BCUT2D eigenvalue weighted by molar-refractivity contribution is -0.131. The average molecular weight is 445 g/mol. The van der Waals surface area contributed by atoms with Crippen molar-refractivity contribution in [3.05, 3.63) is 52.5 Å². The van der Waals surface area contributed by atoms with Gasteiger partial charge in [-0.1, -0.05) is 12.2 Å². The van der Waals surface area contributed by atoms with Crippen molar-refractivity contribution < 1.29 is 23.5 Å². The summed E-state index contributed by atoms with van der Waals surface area (Å²) in [5, 5.41) is 4.64. The summed E-state index contributed by atoms with van der Waals surface area (Å²) >= 11 is 1.31. The maximum Gasteiger partial charge on any atom is 0.261 e. The van der Waals surface area contributed by atoms with Crippen LogP contribution in [0.3, 0.4) is 0 Å². The molecular formula is C23H25FN2O4S. The number of hydrogen-bond acceptors (Lipinski definition) is 5. The van der Waals surface area contributed by atoms with E-state index < -0.39 is 5.82 Å². The quantitative estimate of drug-likeness (QED) is 0.630. The topological polar surface area (TPSA) is 67.9 Å². The molecule has 0 aliphatic carbocycles. The van der Waals surface area contributed by atoms with E-state index >= 15 is 0 Å². The van der Waals surface area contributed by atoms with Gasteiger partial charge in [0, 0.05) is 25.6 Å². The Labute approximate surface area is 184 Å². The highest BCUT2D eigenvalue weighted by Crippen LogP contribution is 2.30. The fourth-order valence-electron chi connectivity index (χ4n) is 3.79. The van der Waals surface area contributed by atoms with Crippen LogP contribution in [0.5, 0.6) is 5.75 Å². The van der Waals surface area contributed by atoms with Crippen molar-refractivity contribution >= 4 is 23.2 Å². The number of nitrogens with zero attached hydrogens (tertiary/aromatic N) is 1. The fraction of sp³-hybridized carbons (Fsp3) is 0.391. The Morgan fingerprint density at radius 3 is 2.94 bits per heavy atom. The van der Waals surface area contributed by atoms with Crippen LogP contribution in [0, 0.1) is 5.82 Å². The molecule has 1 N–H and O–H groups in total. The number of hydrogen-bond donors (Lipinski definition) is 1. The van der Waals surface area contributed by atoms with E-state index in [0.717, 1.165) is 18.4 Å². The first-order valence-corrected chi connectivity index (χ1v) is 11.3. The molecule has 1 aromatic heterocycles. The standard InChI is InChI=1S/C23H25FN2O4S/c24-18-10-16-11-20(13-18)30-14-19-4-3-7-26(19)22(27)5-1-2-8-29-9-6-25-23(28)21-12-17(16)15-31-21/h1-2,10-13,15,19H,3-9,14H2,(H,25,28)/b2-1+/t19-/m0/s1. The molecule has 6 nitrogen and oxygen atoms in total. The predicted octanol–water partition coefficient (Wildman–Crippen LogP) is 3.63. The zero-order valence-corrected chi connectivity index (χ0v) is 18.0. The van der Waals surface area contributed by atoms with Gasteiger partial charge in [-0.05, 0) is 47.5 Å². The van der Waals surface area contributed by atoms with E-state index in [1.807, 2.05) is 22.4 Å². The van der Waals surface area contributed by atoms with Crippen molar-refractivity contribution in [2.45, 2.75) is 25.3 Å². The van der Waals surface area contributed by atoms with Gasteiger partial charge in [-0.2, -0.15) is 0 Å². The number of carbonyl (C=O) groups excluding carboxylic acids is 2. The van der Waals surface area contributed by atoms with Gasteiger partial charge in [-0.15, -0.1) is 11.3 Å². The van der Waals surface area contributed by atoms with Crippen LogP contribution in [-0.2, 0) is 9.53 Å². The summed E-state index contributed by atoms with van der Waals surface area (Å²) in [6.45, 7) is 2.17. The molecule has 31 heavy (non-hydrogen) atoms. The first-order chi connectivity index (χ1) is 15.1. The minimum absolute atomic E-state index is 0.0223. The highest BCUT2D eigenvalue weighted by molar-refractivity contribution is 7.12. The van der Waals surface area contributed by atoms with Crippen LogP contribution in [-0.4, -0.2) is 55.7 Å². The smallest absolute Gasteiger partial charge is 0.261 e. The molecule has 1 fully saturated rings. The fourth-order valence-corrected chi connectivity index (χ4v) is 4.63.